The average Bonchev–Trinajstić information content (AvgIpc) is 2.73. The van der Waals surface area contributed by atoms with E-state index in [1.807, 2.05) is 34.1 Å². The van der Waals surface area contributed by atoms with Crippen molar-refractivity contribution in [2.24, 2.45) is 0 Å². The molecule has 0 unspecified atom stereocenters. The maximum Gasteiger partial charge on any atom is 0.254 e. The van der Waals surface area contributed by atoms with Crippen molar-refractivity contribution in [3.05, 3.63) is 41.5 Å². The average molecular weight is 386 g/mol. The van der Waals surface area contributed by atoms with Gasteiger partial charge in [-0.25, -0.2) is 0 Å². The summed E-state index contributed by atoms with van der Waals surface area (Å²) in [7, 11) is 1.61. The SMILES string of the molecule is COCCC(=O)N1CCC(Oc2ccc(C(=O)N3CC=C(C)CC3)cc2)CC1. The molecule has 0 atom stereocenters. The van der Waals surface area contributed by atoms with Crippen LogP contribution in [0.15, 0.2) is 35.9 Å². The Morgan fingerprint density at radius 1 is 1.07 bits per heavy atom. The molecule has 2 aliphatic heterocycles. The summed E-state index contributed by atoms with van der Waals surface area (Å²) in [6.45, 7) is 5.46. The Hall–Kier alpha value is -2.34. The summed E-state index contributed by atoms with van der Waals surface area (Å²) in [5, 5.41) is 0. The Balaban J connectivity index is 1.47. The highest BCUT2D eigenvalue weighted by molar-refractivity contribution is 5.94. The minimum atomic E-state index is 0.0678. The summed E-state index contributed by atoms with van der Waals surface area (Å²) >= 11 is 0. The van der Waals surface area contributed by atoms with Gasteiger partial charge in [-0.3, -0.25) is 9.59 Å². The molecule has 6 nitrogen and oxygen atoms in total. The van der Waals surface area contributed by atoms with Gasteiger partial charge in [0.25, 0.3) is 5.91 Å². The summed E-state index contributed by atoms with van der Waals surface area (Å²) in [5.74, 6) is 0.985. The number of likely N-dealkylation sites (tertiary alicyclic amines) is 1. The first kappa shape index (κ1) is 20.4. The molecule has 1 aromatic carbocycles. The number of carbonyl (C=O) groups excluding carboxylic acids is 2. The number of amides is 2. The number of methoxy groups -OCH3 is 1. The highest BCUT2D eigenvalue weighted by Crippen LogP contribution is 2.21. The summed E-state index contributed by atoms with van der Waals surface area (Å²) in [4.78, 5) is 28.4. The first-order chi connectivity index (χ1) is 13.6. The van der Waals surface area contributed by atoms with Gasteiger partial charge in [-0.05, 0) is 37.6 Å². The highest BCUT2D eigenvalue weighted by Gasteiger charge is 2.24. The van der Waals surface area contributed by atoms with Gasteiger partial charge in [0.05, 0.1) is 13.0 Å². The van der Waals surface area contributed by atoms with Crippen LogP contribution in [0.25, 0.3) is 0 Å². The second kappa shape index (κ2) is 9.73. The Labute approximate surface area is 167 Å². The van der Waals surface area contributed by atoms with Crippen LogP contribution >= 0.6 is 0 Å². The van der Waals surface area contributed by atoms with Crippen LogP contribution in [0, 0.1) is 0 Å². The fraction of sp³-hybridized carbons (Fsp3) is 0.545. The molecule has 1 saturated heterocycles. The molecule has 2 heterocycles. The standard InChI is InChI=1S/C22H30N2O4/c1-17-7-12-24(13-8-17)22(26)18-3-5-19(6-4-18)28-20-9-14-23(15-10-20)21(25)11-16-27-2/h3-7,20H,8-16H2,1-2H3. The van der Waals surface area contributed by atoms with Crippen LogP contribution in [0.1, 0.15) is 43.0 Å². The molecule has 2 aliphatic rings. The maximum absolute atomic E-state index is 12.6. The number of piperidine rings is 1. The minimum absolute atomic E-state index is 0.0678. The van der Waals surface area contributed by atoms with Crippen molar-refractivity contribution in [1.82, 2.24) is 9.80 Å². The predicted octanol–water partition coefficient (Wildman–Crippen LogP) is 2.89. The van der Waals surface area contributed by atoms with Crippen molar-refractivity contribution in [3.63, 3.8) is 0 Å². The molecule has 0 saturated carbocycles. The number of carbonyl (C=O) groups is 2. The number of nitrogens with zero attached hydrogens (tertiary/aromatic N) is 2. The molecular formula is C22H30N2O4. The highest BCUT2D eigenvalue weighted by atomic mass is 16.5. The third-order valence-corrected chi connectivity index (χ3v) is 5.44. The quantitative estimate of drug-likeness (QED) is 0.706. The van der Waals surface area contributed by atoms with Crippen molar-refractivity contribution in [3.8, 4) is 5.75 Å². The molecule has 1 aromatic rings. The Morgan fingerprint density at radius 2 is 1.79 bits per heavy atom. The van der Waals surface area contributed by atoms with E-state index in [4.69, 9.17) is 9.47 Å². The summed E-state index contributed by atoms with van der Waals surface area (Å²) < 4.78 is 11.0. The number of benzene rings is 1. The molecule has 152 valence electrons. The Bertz CT molecular complexity index is 706. The lowest BCUT2D eigenvalue weighted by Crippen LogP contribution is -2.42. The second-order valence-electron chi connectivity index (χ2n) is 7.52. The topological polar surface area (TPSA) is 59.1 Å². The largest absolute Gasteiger partial charge is 0.490 e. The van der Waals surface area contributed by atoms with E-state index in [0.717, 1.165) is 31.6 Å². The van der Waals surface area contributed by atoms with E-state index in [2.05, 4.69) is 13.0 Å². The summed E-state index contributed by atoms with van der Waals surface area (Å²) in [6.07, 6.45) is 5.23. The first-order valence-electron chi connectivity index (χ1n) is 10.0. The van der Waals surface area contributed by atoms with Crippen molar-refractivity contribution < 1.29 is 19.1 Å². The molecule has 0 radical (unpaired) electrons. The van der Waals surface area contributed by atoms with Crippen molar-refractivity contribution >= 4 is 11.8 Å². The van der Waals surface area contributed by atoms with Gasteiger partial charge >= 0.3 is 0 Å². The van der Waals surface area contributed by atoms with Crippen LogP contribution in [0.5, 0.6) is 5.75 Å². The molecule has 0 aromatic heterocycles. The number of rotatable bonds is 6. The molecule has 0 aliphatic carbocycles. The van der Waals surface area contributed by atoms with Crippen LogP contribution in [0.3, 0.4) is 0 Å². The third kappa shape index (κ3) is 5.35. The zero-order chi connectivity index (χ0) is 19.9. The number of hydrogen-bond acceptors (Lipinski definition) is 4. The van der Waals surface area contributed by atoms with Crippen molar-refractivity contribution in [1.29, 1.82) is 0 Å². The summed E-state index contributed by atoms with van der Waals surface area (Å²) in [6, 6.07) is 7.42. The van der Waals surface area contributed by atoms with Crippen molar-refractivity contribution in [2.45, 2.75) is 38.7 Å². The van der Waals surface area contributed by atoms with E-state index < -0.39 is 0 Å². The zero-order valence-electron chi connectivity index (χ0n) is 16.9. The van der Waals surface area contributed by atoms with Crippen LogP contribution in [-0.4, -0.2) is 67.6 Å². The van der Waals surface area contributed by atoms with E-state index in [1.165, 1.54) is 5.57 Å². The minimum Gasteiger partial charge on any atom is -0.490 e. The van der Waals surface area contributed by atoms with Gasteiger partial charge in [0.2, 0.25) is 5.91 Å². The molecule has 2 amide bonds. The van der Waals surface area contributed by atoms with Gasteiger partial charge in [-0.1, -0.05) is 11.6 Å². The fourth-order valence-corrected chi connectivity index (χ4v) is 3.58. The van der Waals surface area contributed by atoms with Gasteiger partial charge in [-0.2, -0.15) is 0 Å². The maximum atomic E-state index is 12.6. The molecule has 0 spiro atoms. The third-order valence-electron chi connectivity index (χ3n) is 5.44. The van der Waals surface area contributed by atoms with Crippen LogP contribution in [0.4, 0.5) is 0 Å². The van der Waals surface area contributed by atoms with Crippen molar-refractivity contribution in [2.75, 3.05) is 39.9 Å². The Morgan fingerprint density at radius 3 is 2.39 bits per heavy atom. The molecule has 28 heavy (non-hydrogen) atoms. The van der Waals surface area contributed by atoms with E-state index in [9.17, 15) is 9.59 Å². The zero-order valence-corrected chi connectivity index (χ0v) is 16.9. The van der Waals surface area contributed by atoms with Crippen LogP contribution in [0.2, 0.25) is 0 Å². The van der Waals surface area contributed by atoms with E-state index in [-0.39, 0.29) is 17.9 Å². The van der Waals surface area contributed by atoms with E-state index in [1.54, 1.807) is 7.11 Å². The van der Waals surface area contributed by atoms with Gasteiger partial charge in [0, 0.05) is 51.7 Å². The van der Waals surface area contributed by atoms with E-state index in [0.29, 0.717) is 38.2 Å². The molecule has 6 heteroatoms. The van der Waals surface area contributed by atoms with Crippen LogP contribution in [-0.2, 0) is 9.53 Å². The molecule has 3 rings (SSSR count). The van der Waals surface area contributed by atoms with Gasteiger partial charge in [0.15, 0.2) is 0 Å². The number of ether oxygens (including phenoxy) is 2. The number of hydrogen-bond donors (Lipinski definition) is 0. The fourth-order valence-electron chi connectivity index (χ4n) is 3.58. The predicted molar refractivity (Wildman–Crippen MR) is 107 cm³/mol. The monoisotopic (exact) mass is 386 g/mol. The molecule has 0 N–H and O–H groups in total. The van der Waals surface area contributed by atoms with Crippen LogP contribution < -0.4 is 4.74 Å². The molecular weight excluding hydrogens is 356 g/mol. The van der Waals surface area contributed by atoms with Gasteiger partial charge in [0.1, 0.15) is 11.9 Å². The first-order valence-corrected chi connectivity index (χ1v) is 10.0. The Kier molecular flexibility index (Phi) is 7.09. The molecule has 0 bridgehead atoms. The van der Waals surface area contributed by atoms with Gasteiger partial charge in [-0.15, -0.1) is 0 Å². The second-order valence-corrected chi connectivity index (χ2v) is 7.52. The smallest absolute Gasteiger partial charge is 0.254 e. The normalized spacial score (nSPS) is 18.0. The van der Waals surface area contributed by atoms with Gasteiger partial charge < -0.3 is 19.3 Å². The lowest BCUT2D eigenvalue weighted by molar-refractivity contribution is -0.133. The molecule has 1 fully saturated rings. The summed E-state index contributed by atoms with van der Waals surface area (Å²) in [5.41, 5.74) is 2.04. The lowest BCUT2D eigenvalue weighted by Gasteiger charge is -2.32. The van der Waals surface area contributed by atoms with E-state index >= 15 is 0 Å². The lowest BCUT2D eigenvalue weighted by atomic mass is 10.1.